The second-order valence-corrected chi connectivity index (χ2v) is 8.96. The lowest BCUT2D eigenvalue weighted by molar-refractivity contribution is -0.129. The molecule has 0 saturated heterocycles. The van der Waals surface area contributed by atoms with Crippen LogP contribution in [0.1, 0.15) is 24.3 Å². The van der Waals surface area contributed by atoms with E-state index in [1.54, 1.807) is 12.1 Å². The van der Waals surface area contributed by atoms with Crippen LogP contribution in [0.25, 0.3) is 0 Å². The molecule has 1 unspecified atom stereocenters. The van der Waals surface area contributed by atoms with Gasteiger partial charge in [0, 0.05) is 4.88 Å². The Morgan fingerprint density at radius 1 is 1.31 bits per heavy atom. The van der Waals surface area contributed by atoms with Gasteiger partial charge in [-0.2, -0.15) is 5.10 Å². The Balaban J connectivity index is 2.02. The number of benzene rings is 1. The number of nitrogens with two attached hydrogens (primary N) is 1. The van der Waals surface area contributed by atoms with Crippen LogP contribution in [0.5, 0.6) is 11.5 Å². The molecule has 0 bridgehead atoms. The average molecular weight is 525 g/mol. The van der Waals surface area contributed by atoms with Crippen LogP contribution in [0.2, 0.25) is 0 Å². The lowest BCUT2D eigenvalue weighted by atomic mass is 10.0. The van der Waals surface area contributed by atoms with Gasteiger partial charge >= 0.3 is 0 Å². The van der Waals surface area contributed by atoms with Crippen molar-refractivity contribution in [2.45, 2.75) is 26.3 Å². The number of nitrogens with one attached hydrogen (secondary N) is 2. The van der Waals surface area contributed by atoms with Gasteiger partial charge in [-0.15, -0.1) is 11.3 Å². The van der Waals surface area contributed by atoms with Gasteiger partial charge in [0.25, 0.3) is 11.8 Å². The summed E-state index contributed by atoms with van der Waals surface area (Å²) in [6.45, 7) is 3.38. The molecule has 11 heteroatoms. The van der Waals surface area contributed by atoms with Crippen molar-refractivity contribution < 1.29 is 23.9 Å². The summed E-state index contributed by atoms with van der Waals surface area (Å²) in [5.41, 5.74) is 8.17. The summed E-state index contributed by atoms with van der Waals surface area (Å²) >= 11 is 4.84. The SMILES string of the molecule is COc1cc(/C=N\NC(=O)C(NC(=O)Cc2cccs2)C(C)C)cc(Br)c1OCC(N)=O. The average Bonchev–Trinajstić information content (AvgIpc) is 3.23. The summed E-state index contributed by atoms with van der Waals surface area (Å²) < 4.78 is 11.2. The van der Waals surface area contributed by atoms with Gasteiger partial charge in [0.15, 0.2) is 18.1 Å². The van der Waals surface area contributed by atoms with Crippen molar-refractivity contribution in [3.8, 4) is 11.5 Å². The Bertz CT molecular complexity index is 979. The molecule has 0 fully saturated rings. The number of primary amides is 1. The highest BCUT2D eigenvalue weighted by molar-refractivity contribution is 9.10. The maximum absolute atomic E-state index is 12.6. The number of thiophene rings is 1. The molecular formula is C21H25BrN4O5S. The van der Waals surface area contributed by atoms with Gasteiger partial charge in [-0.1, -0.05) is 19.9 Å². The van der Waals surface area contributed by atoms with Crippen LogP contribution in [0, 0.1) is 5.92 Å². The lowest BCUT2D eigenvalue weighted by Gasteiger charge is -2.20. The third kappa shape index (κ3) is 7.65. The minimum atomic E-state index is -0.731. The summed E-state index contributed by atoms with van der Waals surface area (Å²) in [5, 5.41) is 8.64. The Morgan fingerprint density at radius 3 is 2.66 bits per heavy atom. The molecule has 0 aliphatic heterocycles. The maximum Gasteiger partial charge on any atom is 0.262 e. The van der Waals surface area contributed by atoms with Gasteiger partial charge in [-0.25, -0.2) is 5.43 Å². The predicted octanol–water partition coefficient (Wildman–Crippen LogP) is 2.22. The molecule has 0 saturated carbocycles. The topological polar surface area (TPSA) is 132 Å². The third-order valence-electron chi connectivity index (χ3n) is 4.18. The van der Waals surface area contributed by atoms with E-state index < -0.39 is 17.9 Å². The number of carbonyl (C=O) groups is 3. The Kier molecular flexibility index (Phi) is 9.66. The zero-order valence-corrected chi connectivity index (χ0v) is 20.3. The van der Waals surface area contributed by atoms with Crippen LogP contribution >= 0.6 is 27.3 Å². The number of ether oxygens (including phenoxy) is 2. The van der Waals surface area contributed by atoms with E-state index in [0.29, 0.717) is 21.5 Å². The van der Waals surface area contributed by atoms with E-state index >= 15 is 0 Å². The van der Waals surface area contributed by atoms with E-state index in [1.165, 1.54) is 24.7 Å². The number of halogens is 1. The van der Waals surface area contributed by atoms with Crippen molar-refractivity contribution in [2.24, 2.45) is 16.8 Å². The fourth-order valence-electron chi connectivity index (χ4n) is 2.67. The van der Waals surface area contributed by atoms with Gasteiger partial charge in [0.2, 0.25) is 5.91 Å². The highest BCUT2D eigenvalue weighted by atomic mass is 79.9. The number of rotatable bonds is 11. The van der Waals surface area contributed by atoms with E-state index in [9.17, 15) is 14.4 Å². The lowest BCUT2D eigenvalue weighted by Crippen LogP contribution is -2.49. The van der Waals surface area contributed by atoms with E-state index in [0.717, 1.165) is 4.88 Å². The molecule has 172 valence electrons. The first kappa shape index (κ1) is 25.3. The van der Waals surface area contributed by atoms with Gasteiger partial charge < -0.3 is 20.5 Å². The van der Waals surface area contributed by atoms with Crippen molar-refractivity contribution in [1.29, 1.82) is 0 Å². The smallest absolute Gasteiger partial charge is 0.262 e. The maximum atomic E-state index is 12.6. The molecular weight excluding hydrogens is 500 g/mol. The highest BCUT2D eigenvalue weighted by Gasteiger charge is 2.24. The second kappa shape index (κ2) is 12.2. The van der Waals surface area contributed by atoms with E-state index in [-0.39, 0.29) is 24.9 Å². The molecule has 2 aromatic rings. The van der Waals surface area contributed by atoms with Gasteiger partial charge in [0.1, 0.15) is 6.04 Å². The molecule has 1 heterocycles. The first-order valence-corrected chi connectivity index (χ1v) is 11.3. The fraction of sp³-hybridized carbons (Fsp3) is 0.333. The normalized spacial score (nSPS) is 11.9. The van der Waals surface area contributed by atoms with Crippen LogP contribution in [0.3, 0.4) is 0 Å². The minimum Gasteiger partial charge on any atom is -0.493 e. The molecule has 1 aromatic carbocycles. The first-order chi connectivity index (χ1) is 15.2. The summed E-state index contributed by atoms with van der Waals surface area (Å²) in [6.07, 6.45) is 1.64. The van der Waals surface area contributed by atoms with Crippen molar-refractivity contribution in [1.82, 2.24) is 10.7 Å². The van der Waals surface area contributed by atoms with Crippen molar-refractivity contribution in [2.75, 3.05) is 13.7 Å². The number of hydrogen-bond acceptors (Lipinski definition) is 7. The van der Waals surface area contributed by atoms with E-state index in [1.807, 2.05) is 31.4 Å². The second-order valence-electron chi connectivity index (χ2n) is 7.07. The first-order valence-electron chi connectivity index (χ1n) is 9.64. The quantitative estimate of drug-likeness (QED) is 0.306. The van der Waals surface area contributed by atoms with Crippen LogP contribution in [-0.2, 0) is 20.8 Å². The number of amides is 3. The monoisotopic (exact) mass is 524 g/mol. The number of carbonyl (C=O) groups excluding carboxylic acids is 3. The Hall–Kier alpha value is -2.92. The van der Waals surface area contributed by atoms with Crippen LogP contribution < -0.4 is 25.9 Å². The molecule has 1 aromatic heterocycles. The molecule has 0 aliphatic rings. The molecule has 0 radical (unpaired) electrons. The fourth-order valence-corrected chi connectivity index (χ4v) is 3.95. The Morgan fingerprint density at radius 2 is 2.06 bits per heavy atom. The van der Waals surface area contributed by atoms with E-state index in [4.69, 9.17) is 15.2 Å². The molecule has 9 nitrogen and oxygen atoms in total. The summed E-state index contributed by atoms with van der Waals surface area (Å²) in [6, 6.07) is 6.32. The molecule has 0 aliphatic carbocycles. The molecule has 0 spiro atoms. The summed E-state index contributed by atoms with van der Waals surface area (Å²) in [5.74, 6) is -0.730. The summed E-state index contributed by atoms with van der Waals surface area (Å²) in [7, 11) is 1.45. The van der Waals surface area contributed by atoms with Crippen LogP contribution in [-0.4, -0.2) is 43.7 Å². The minimum absolute atomic E-state index is 0.131. The van der Waals surface area contributed by atoms with Gasteiger partial charge in [0.05, 0.1) is 24.2 Å². The highest BCUT2D eigenvalue weighted by Crippen LogP contribution is 2.36. The number of nitrogens with zero attached hydrogens (tertiary/aromatic N) is 1. The molecule has 3 amide bonds. The number of methoxy groups -OCH3 is 1. The number of hydrogen-bond donors (Lipinski definition) is 3. The van der Waals surface area contributed by atoms with Crippen LogP contribution in [0.15, 0.2) is 39.2 Å². The zero-order chi connectivity index (χ0) is 23.7. The van der Waals surface area contributed by atoms with Crippen molar-refractivity contribution in [3.63, 3.8) is 0 Å². The molecule has 2 rings (SSSR count). The largest absolute Gasteiger partial charge is 0.493 e. The summed E-state index contributed by atoms with van der Waals surface area (Å²) in [4.78, 5) is 36.7. The Labute approximate surface area is 198 Å². The third-order valence-corrected chi connectivity index (χ3v) is 5.64. The predicted molar refractivity (Wildman–Crippen MR) is 126 cm³/mol. The molecule has 1 atom stereocenters. The van der Waals surface area contributed by atoms with Gasteiger partial charge in [-0.3, -0.25) is 14.4 Å². The van der Waals surface area contributed by atoms with Gasteiger partial charge in [-0.05, 0) is 51.0 Å². The molecule has 4 N–H and O–H groups in total. The van der Waals surface area contributed by atoms with Crippen molar-refractivity contribution in [3.05, 3.63) is 44.6 Å². The van der Waals surface area contributed by atoms with Crippen LogP contribution in [0.4, 0.5) is 0 Å². The van der Waals surface area contributed by atoms with E-state index in [2.05, 4.69) is 31.8 Å². The number of hydrazone groups is 1. The zero-order valence-electron chi connectivity index (χ0n) is 17.9. The standard InChI is InChI=1S/C21H25BrN4O5S/c1-12(2)19(25-18(28)9-14-5-4-6-32-14)21(29)26-24-10-13-7-15(22)20(16(8-13)30-3)31-11-17(23)27/h4-8,10,12,19H,9,11H2,1-3H3,(H2,23,27)(H,25,28)(H,26,29)/b24-10-. The molecule has 32 heavy (non-hydrogen) atoms. The van der Waals surface area contributed by atoms with Crippen molar-refractivity contribution >= 4 is 51.2 Å².